The lowest BCUT2D eigenvalue weighted by atomic mass is 9.98. The van der Waals surface area contributed by atoms with Crippen molar-refractivity contribution in [2.24, 2.45) is 5.73 Å². The maximum atomic E-state index is 12.2. The molecule has 23 heavy (non-hydrogen) atoms. The Bertz CT molecular complexity index is 795. The lowest BCUT2D eigenvalue weighted by Crippen LogP contribution is -2.34. The van der Waals surface area contributed by atoms with E-state index in [2.05, 4.69) is 15.5 Å². The molecular weight excluding hydrogens is 294 g/mol. The average molecular weight is 313 g/mol. The van der Waals surface area contributed by atoms with Crippen LogP contribution < -0.4 is 11.1 Å². The van der Waals surface area contributed by atoms with Crippen LogP contribution in [0.4, 0.5) is 0 Å². The molecule has 0 aliphatic carbocycles. The number of nitrogens with zero attached hydrogens (tertiary/aromatic N) is 3. The number of aromatic nitrogens is 3. The van der Waals surface area contributed by atoms with Crippen molar-refractivity contribution in [2.75, 3.05) is 6.54 Å². The third-order valence-corrected chi connectivity index (χ3v) is 3.51. The smallest absolute Gasteiger partial charge is 0.256 e. The number of carbonyl (C=O) groups excluding carboxylic acids is 1. The van der Waals surface area contributed by atoms with Gasteiger partial charge in [-0.05, 0) is 26.0 Å². The van der Waals surface area contributed by atoms with Gasteiger partial charge in [-0.25, -0.2) is 4.98 Å². The predicted molar refractivity (Wildman–Crippen MR) is 84.9 cm³/mol. The summed E-state index contributed by atoms with van der Waals surface area (Å²) < 4.78 is 6.84. The third kappa shape index (κ3) is 3.24. The molecule has 0 spiro atoms. The number of rotatable bonds is 5. The molecule has 3 heterocycles. The highest BCUT2D eigenvalue weighted by atomic mass is 16.5. The van der Waals surface area contributed by atoms with Gasteiger partial charge in [0.15, 0.2) is 0 Å². The molecule has 0 saturated carbocycles. The summed E-state index contributed by atoms with van der Waals surface area (Å²) in [5, 5.41) is 6.67. The molecule has 3 rings (SSSR count). The first-order valence-electron chi connectivity index (χ1n) is 7.40. The highest BCUT2D eigenvalue weighted by Gasteiger charge is 2.26. The van der Waals surface area contributed by atoms with E-state index in [1.165, 1.54) is 6.26 Å². The third-order valence-electron chi connectivity index (χ3n) is 3.51. The van der Waals surface area contributed by atoms with Crippen molar-refractivity contribution in [3.05, 3.63) is 53.8 Å². The maximum absolute atomic E-state index is 12.2. The number of amides is 1. The van der Waals surface area contributed by atoms with Crippen LogP contribution in [0.15, 0.2) is 41.4 Å². The lowest BCUT2D eigenvalue weighted by molar-refractivity contribution is 0.0951. The molecule has 0 aliphatic rings. The summed E-state index contributed by atoms with van der Waals surface area (Å²) in [4.78, 5) is 16.7. The van der Waals surface area contributed by atoms with Gasteiger partial charge in [0, 0.05) is 25.4 Å². The second-order valence-electron chi connectivity index (χ2n) is 6.00. The maximum Gasteiger partial charge on any atom is 0.256 e. The van der Waals surface area contributed by atoms with Crippen LogP contribution in [0.2, 0.25) is 0 Å². The van der Waals surface area contributed by atoms with Crippen LogP contribution in [0.25, 0.3) is 5.65 Å². The van der Waals surface area contributed by atoms with Gasteiger partial charge in [-0.2, -0.15) is 0 Å². The van der Waals surface area contributed by atoms with Crippen molar-refractivity contribution >= 4 is 11.6 Å². The molecule has 7 heteroatoms. The average Bonchev–Trinajstić information content (AvgIpc) is 3.13. The summed E-state index contributed by atoms with van der Waals surface area (Å²) in [6.07, 6.45) is 5.86. The minimum absolute atomic E-state index is 0.247. The minimum Gasteiger partial charge on any atom is -0.364 e. The summed E-state index contributed by atoms with van der Waals surface area (Å²) in [6, 6.07) is 5.83. The molecular formula is C16H19N5O2. The lowest BCUT2D eigenvalue weighted by Gasteiger charge is -2.16. The number of hydrogen-bond donors (Lipinski definition) is 2. The molecule has 3 aromatic rings. The molecule has 3 aromatic heterocycles. The number of carbonyl (C=O) groups is 1. The topological polar surface area (TPSA) is 98.5 Å². The molecule has 3 N–H and O–H groups in total. The Labute approximate surface area is 133 Å². The summed E-state index contributed by atoms with van der Waals surface area (Å²) in [7, 11) is 0. The molecule has 0 atom stereocenters. The van der Waals surface area contributed by atoms with E-state index in [-0.39, 0.29) is 5.91 Å². The van der Waals surface area contributed by atoms with Gasteiger partial charge in [-0.15, -0.1) is 0 Å². The van der Waals surface area contributed by atoms with Gasteiger partial charge in [0.2, 0.25) is 0 Å². The SMILES string of the molecule is CC(C)(N)c1nocc1C(=O)NCCc1cn2ccccc2n1. The Morgan fingerprint density at radius 2 is 2.26 bits per heavy atom. The number of pyridine rings is 1. The Kier molecular flexibility index (Phi) is 3.87. The number of hydrogen-bond acceptors (Lipinski definition) is 5. The molecule has 0 fully saturated rings. The van der Waals surface area contributed by atoms with Crippen molar-refractivity contribution in [3.8, 4) is 0 Å². The molecule has 0 bridgehead atoms. The molecule has 0 aromatic carbocycles. The molecule has 1 amide bonds. The predicted octanol–water partition coefficient (Wildman–Crippen LogP) is 1.49. The van der Waals surface area contributed by atoms with E-state index < -0.39 is 5.54 Å². The standard InChI is InChI=1S/C16H19N5O2/c1-16(2,17)14-12(10-23-20-14)15(22)18-7-6-11-9-21-8-4-3-5-13(21)19-11/h3-5,8-10H,6-7,17H2,1-2H3,(H,18,22). The van der Waals surface area contributed by atoms with E-state index >= 15 is 0 Å². The summed E-state index contributed by atoms with van der Waals surface area (Å²) >= 11 is 0. The zero-order chi connectivity index (χ0) is 16.4. The molecule has 0 radical (unpaired) electrons. The Morgan fingerprint density at radius 1 is 1.43 bits per heavy atom. The Morgan fingerprint density at radius 3 is 3.00 bits per heavy atom. The van der Waals surface area contributed by atoms with Gasteiger partial charge in [0.05, 0.1) is 11.2 Å². The zero-order valence-electron chi connectivity index (χ0n) is 13.1. The van der Waals surface area contributed by atoms with Crippen LogP contribution in [-0.2, 0) is 12.0 Å². The highest BCUT2D eigenvalue weighted by molar-refractivity contribution is 5.95. The van der Waals surface area contributed by atoms with E-state index in [1.807, 2.05) is 35.0 Å². The number of fused-ring (bicyclic) bond motifs is 1. The number of nitrogens with two attached hydrogens (primary N) is 1. The van der Waals surface area contributed by atoms with Gasteiger partial charge >= 0.3 is 0 Å². The molecule has 7 nitrogen and oxygen atoms in total. The molecule has 120 valence electrons. The van der Waals surface area contributed by atoms with Crippen molar-refractivity contribution < 1.29 is 9.32 Å². The molecule has 0 saturated heterocycles. The monoisotopic (exact) mass is 313 g/mol. The van der Waals surface area contributed by atoms with E-state index in [0.717, 1.165) is 11.3 Å². The van der Waals surface area contributed by atoms with Crippen LogP contribution in [0.3, 0.4) is 0 Å². The first kappa shape index (κ1) is 15.2. The van der Waals surface area contributed by atoms with Crippen molar-refractivity contribution in [3.63, 3.8) is 0 Å². The zero-order valence-corrected chi connectivity index (χ0v) is 13.1. The second-order valence-corrected chi connectivity index (χ2v) is 6.00. The molecule has 0 unspecified atom stereocenters. The quantitative estimate of drug-likeness (QED) is 0.743. The highest BCUT2D eigenvalue weighted by Crippen LogP contribution is 2.19. The van der Waals surface area contributed by atoms with Crippen molar-refractivity contribution in [1.82, 2.24) is 19.9 Å². The van der Waals surface area contributed by atoms with E-state index in [1.54, 1.807) is 13.8 Å². The van der Waals surface area contributed by atoms with Gasteiger partial charge in [-0.1, -0.05) is 11.2 Å². The van der Waals surface area contributed by atoms with Crippen molar-refractivity contribution in [2.45, 2.75) is 25.8 Å². The summed E-state index contributed by atoms with van der Waals surface area (Å²) in [5.41, 5.74) is 7.87. The van der Waals surface area contributed by atoms with E-state index in [4.69, 9.17) is 10.3 Å². The van der Waals surface area contributed by atoms with Gasteiger partial charge < -0.3 is 20.0 Å². The van der Waals surface area contributed by atoms with Crippen molar-refractivity contribution in [1.29, 1.82) is 0 Å². The minimum atomic E-state index is -0.735. The van der Waals surface area contributed by atoms with E-state index in [9.17, 15) is 4.79 Å². The van der Waals surface area contributed by atoms with Crippen LogP contribution in [0.1, 0.15) is 35.6 Å². The summed E-state index contributed by atoms with van der Waals surface area (Å²) in [6.45, 7) is 4.02. The van der Waals surface area contributed by atoms with Gasteiger partial charge in [-0.3, -0.25) is 4.79 Å². The molecule has 0 aliphatic heterocycles. The first-order chi connectivity index (χ1) is 10.9. The number of nitrogens with one attached hydrogen (secondary N) is 1. The fourth-order valence-corrected chi connectivity index (χ4v) is 2.37. The fraction of sp³-hybridized carbons (Fsp3) is 0.312. The van der Waals surface area contributed by atoms with Crippen LogP contribution in [0, 0.1) is 0 Å². The van der Waals surface area contributed by atoms with Gasteiger partial charge in [0.25, 0.3) is 5.91 Å². The largest absolute Gasteiger partial charge is 0.364 e. The van der Waals surface area contributed by atoms with Crippen LogP contribution in [-0.4, -0.2) is 27.0 Å². The second kappa shape index (κ2) is 5.85. The fourth-order valence-electron chi connectivity index (χ4n) is 2.37. The van der Waals surface area contributed by atoms with Crippen LogP contribution in [0.5, 0.6) is 0 Å². The Hall–Kier alpha value is -2.67. The van der Waals surface area contributed by atoms with Gasteiger partial charge in [0.1, 0.15) is 23.2 Å². The van der Waals surface area contributed by atoms with Crippen LogP contribution >= 0.6 is 0 Å². The summed E-state index contributed by atoms with van der Waals surface area (Å²) in [5.74, 6) is -0.247. The first-order valence-corrected chi connectivity index (χ1v) is 7.40. The number of imidazole rings is 1. The Balaban J connectivity index is 1.62. The van der Waals surface area contributed by atoms with E-state index in [0.29, 0.717) is 24.2 Å². The normalized spacial score (nSPS) is 11.8.